The molecule has 7 heteroatoms. The van der Waals surface area contributed by atoms with E-state index in [4.69, 9.17) is 22.1 Å². The lowest BCUT2D eigenvalue weighted by molar-refractivity contribution is 0.297. The minimum atomic E-state index is 0.139. The molecule has 0 spiro atoms. The average Bonchev–Trinajstić information content (AvgIpc) is 2.66. The number of aryl methyl sites for hydroxylation is 1. The molecule has 1 aromatic heterocycles. The van der Waals surface area contributed by atoms with Crippen molar-refractivity contribution >= 4 is 29.2 Å². The third kappa shape index (κ3) is 4.70. The smallest absolute Gasteiger partial charge is 0.190 e. The lowest BCUT2D eigenvalue weighted by atomic mass is 10.2. The van der Waals surface area contributed by atoms with Crippen LogP contribution in [0.4, 0.5) is 5.82 Å². The molecule has 0 aliphatic rings. The average molecular weight is 397 g/mol. The van der Waals surface area contributed by atoms with E-state index < -0.39 is 0 Å². The van der Waals surface area contributed by atoms with Gasteiger partial charge < -0.3 is 10.5 Å². The predicted molar refractivity (Wildman–Crippen MR) is 108 cm³/mol. The van der Waals surface area contributed by atoms with E-state index in [0.29, 0.717) is 21.6 Å². The van der Waals surface area contributed by atoms with Gasteiger partial charge in [-0.25, -0.2) is 9.97 Å². The third-order valence-corrected chi connectivity index (χ3v) is 5.14. The quantitative estimate of drug-likeness (QED) is 0.477. The Labute approximate surface area is 167 Å². The molecule has 0 atom stereocenters. The van der Waals surface area contributed by atoms with Gasteiger partial charge in [-0.3, -0.25) is 0 Å². The number of anilines is 1. The van der Waals surface area contributed by atoms with Crippen LogP contribution >= 0.6 is 23.4 Å². The number of thioether (sulfide) groups is 1. The van der Waals surface area contributed by atoms with Crippen molar-refractivity contribution in [2.75, 3.05) is 5.73 Å². The maximum Gasteiger partial charge on any atom is 0.190 e. The molecule has 0 fully saturated rings. The standard InChI is InChI=1S/C20H17ClN4OS/c1-13-6-2-5-9-18(13)26-11-17-15(10-22)19(23)25-20(24-17)27-12-14-7-3-4-8-16(14)21/h2-9H,11-12H2,1H3,(H2,23,24,25). The Morgan fingerprint density at radius 3 is 2.63 bits per heavy atom. The van der Waals surface area contributed by atoms with Gasteiger partial charge in [0.2, 0.25) is 0 Å². The van der Waals surface area contributed by atoms with Gasteiger partial charge in [0.1, 0.15) is 35.5 Å². The van der Waals surface area contributed by atoms with Gasteiger partial charge in [-0.1, -0.05) is 59.8 Å². The number of ether oxygens (including phenoxy) is 1. The number of aromatic nitrogens is 2. The van der Waals surface area contributed by atoms with Gasteiger partial charge in [0.25, 0.3) is 0 Å². The van der Waals surface area contributed by atoms with Gasteiger partial charge in [-0.05, 0) is 30.2 Å². The molecule has 0 bridgehead atoms. The van der Waals surface area contributed by atoms with E-state index in [1.54, 1.807) is 0 Å². The Hall–Kier alpha value is -2.75. The van der Waals surface area contributed by atoms with Crippen molar-refractivity contribution in [3.8, 4) is 11.8 Å². The summed E-state index contributed by atoms with van der Waals surface area (Å²) in [6.45, 7) is 2.10. The molecule has 3 aromatic rings. The van der Waals surface area contributed by atoms with Crippen molar-refractivity contribution in [2.45, 2.75) is 24.4 Å². The van der Waals surface area contributed by atoms with Crippen LogP contribution in [0.25, 0.3) is 0 Å². The first-order valence-corrected chi connectivity index (χ1v) is 9.56. The van der Waals surface area contributed by atoms with Gasteiger partial charge in [0.15, 0.2) is 5.16 Å². The normalized spacial score (nSPS) is 10.4. The van der Waals surface area contributed by atoms with E-state index in [2.05, 4.69) is 16.0 Å². The zero-order valence-electron chi connectivity index (χ0n) is 14.6. The van der Waals surface area contributed by atoms with Crippen molar-refractivity contribution in [3.05, 3.63) is 75.9 Å². The second kappa shape index (κ2) is 8.76. The Morgan fingerprint density at radius 2 is 1.89 bits per heavy atom. The maximum absolute atomic E-state index is 9.40. The van der Waals surface area contributed by atoms with Crippen LogP contribution in [-0.4, -0.2) is 9.97 Å². The Kier molecular flexibility index (Phi) is 6.17. The summed E-state index contributed by atoms with van der Waals surface area (Å²) in [6.07, 6.45) is 0. The molecule has 2 N–H and O–H groups in total. The number of rotatable bonds is 6. The number of nitrogen functional groups attached to an aromatic ring is 1. The predicted octanol–water partition coefficient (Wildman–Crippen LogP) is 4.76. The molecule has 136 valence electrons. The van der Waals surface area contributed by atoms with Crippen LogP contribution in [0, 0.1) is 18.3 Å². The Bertz CT molecular complexity index is 1000. The first-order valence-electron chi connectivity index (χ1n) is 8.19. The number of hydrogen-bond donors (Lipinski definition) is 1. The molecule has 0 aliphatic carbocycles. The van der Waals surface area contributed by atoms with Crippen LogP contribution in [0.15, 0.2) is 53.7 Å². The Morgan fingerprint density at radius 1 is 1.15 bits per heavy atom. The van der Waals surface area contributed by atoms with Gasteiger partial charge in [0, 0.05) is 10.8 Å². The fourth-order valence-electron chi connectivity index (χ4n) is 2.42. The topological polar surface area (TPSA) is 84.8 Å². The molecule has 1 heterocycles. The molecule has 0 radical (unpaired) electrons. The van der Waals surface area contributed by atoms with Crippen LogP contribution < -0.4 is 10.5 Å². The van der Waals surface area contributed by atoms with Gasteiger partial charge in [0.05, 0.1) is 0 Å². The van der Waals surface area contributed by atoms with Crippen molar-refractivity contribution in [2.24, 2.45) is 0 Å². The molecule has 0 aliphatic heterocycles. The summed E-state index contributed by atoms with van der Waals surface area (Å²) < 4.78 is 5.83. The summed E-state index contributed by atoms with van der Waals surface area (Å²) in [6, 6.07) is 17.3. The highest BCUT2D eigenvalue weighted by molar-refractivity contribution is 7.98. The summed E-state index contributed by atoms with van der Waals surface area (Å²) in [5, 5.41) is 10.6. The summed E-state index contributed by atoms with van der Waals surface area (Å²) in [4.78, 5) is 8.71. The van der Waals surface area contributed by atoms with Gasteiger partial charge >= 0.3 is 0 Å². The van der Waals surface area contributed by atoms with E-state index >= 15 is 0 Å². The van der Waals surface area contributed by atoms with E-state index in [-0.39, 0.29) is 18.0 Å². The van der Waals surface area contributed by atoms with Gasteiger partial charge in [-0.2, -0.15) is 5.26 Å². The second-order valence-corrected chi connectivity index (χ2v) is 7.11. The highest BCUT2D eigenvalue weighted by Gasteiger charge is 2.14. The molecule has 0 amide bonds. The SMILES string of the molecule is Cc1ccccc1OCc1nc(SCc2ccccc2Cl)nc(N)c1C#N. The number of benzene rings is 2. The van der Waals surface area contributed by atoms with Crippen LogP contribution in [0.3, 0.4) is 0 Å². The number of halogens is 1. The molecule has 27 heavy (non-hydrogen) atoms. The highest BCUT2D eigenvalue weighted by Crippen LogP contribution is 2.27. The van der Waals surface area contributed by atoms with Crippen LogP contribution in [0.2, 0.25) is 5.02 Å². The molecule has 2 aromatic carbocycles. The molecular weight excluding hydrogens is 380 g/mol. The fraction of sp³-hybridized carbons (Fsp3) is 0.150. The second-order valence-electron chi connectivity index (χ2n) is 5.76. The van der Waals surface area contributed by atoms with E-state index in [1.165, 1.54) is 11.8 Å². The minimum absolute atomic E-state index is 0.139. The van der Waals surface area contributed by atoms with E-state index in [0.717, 1.165) is 16.9 Å². The highest BCUT2D eigenvalue weighted by atomic mass is 35.5. The van der Waals surface area contributed by atoms with Crippen molar-refractivity contribution in [1.29, 1.82) is 5.26 Å². The molecule has 0 unspecified atom stereocenters. The maximum atomic E-state index is 9.40. The zero-order valence-corrected chi connectivity index (χ0v) is 16.2. The first-order chi connectivity index (χ1) is 13.1. The zero-order chi connectivity index (χ0) is 19.2. The molecule has 5 nitrogen and oxygen atoms in total. The number of hydrogen-bond acceptors (Lipinski definition) is 6. The first kappa shape index (κ1) is 19.0. The monoisotopic (exact) mass is 396 g/mol. The largest absolute Gasteiger partial charge is 0.487 e. The number of nitrogens with zero attached hydrogens (tertiary/aromatic N) is 3. The third-order valence-electron chi connectivity index (χ3n) is 3.88. The Balaban J connectivity index is 1.80. The number of nitriles is 1. The molecule has 3 rings (SSSR count). The summed E-state index contributed by atoms with van der Waals surface area (Å²) in [7, 11) is 0. The fourth-order valence-corrected chi connectivity index (χ4v) is 3.57. The molecular formula is C20H17ClN4OS. The minimum Gasteiger partial charge on any atom is -0.487 e. The lowest BCUT2D eigenvalue weighted by Gasteiger charge is -2.11. The lowest BCUT2D eigenvalue weighted by Crippen LogP contribution is -2.08. The molecule has 0 saturated carbocycles. The van der Waals surface area contributed by atoms with Crippen LogP contribution in [0.1, 0.15) is 22.4 Å². The number of para-hydroxylation sites is 1. The van der Waals surface area contributed by atoms with Crippen molar-refractivity contribution in [1.82, 2.24) is 9.97 Å². The summed E-state index contributed by atoms with van der Waals surface area (Å²) in [5.41, 5.74) is 8.66. The van der Waals surface area contributed by atoms with Crippen molar-refractivity contribution < 1.29 is 4.74 Å². The molecule has 0 saturated heterocycles. The summed E-state index contributed by atoms with van der Waals surface area (Å²) in [5.74, 6) is 1.49. The van der Waals surface area contributed by atoms with Gasteiger partial charge in [-0.15, -0.1) is 0 Å². The van der Waals surface area contributed by atoms with Crippen molar-refractivity contribution in [3.63, 3.8) is 0 Å². The number of nitrogens with two attached hydrogens (primary N) is 1. The summed E-state index contributed by atoms with van der Waals surface area (Å²) >= 11 is 7.60. The van der Waals surface area contributed by atoms with E-state index in [1.807, 2.05) is 55.5 Å². The van der Waals surface area contributed by atoms with E-state index in [9.17, 15) is 5.26 Å². The van der Waals surface area contributed by atoms with Crippen LogP contribution in [-0.2, 0) is 12.4 Å². The van der Waals surface area contributed by atoms with Crippen LogP contribution in [0.5, 0.6) is 5.75 Å².